The van der Waals surface area contributed by atoms with Crippen LogP contribution in [-0.2, 0) is 12.0 Å². The van der Waals surface area contributed by atoms with Gasteiger partial charge in [-0.15, -0.1) is 0 Å². The smallest absolute Gasteiger partial charge is 0.0922 e. The number of benzene rings is 2. The van der Waals surface area contributed by atoms with Crippen LogP contribution in [0.4, 0.5) is 0 Å². The van der Waals surface area contributed by atoms with Crippen LogP contribution in [0.1, 0.15) is 16.8 Å². The first-order valence-corrected chi connectivity index (χ1v) is 6.66. The van der Waals surface area contributed by atoms with E-state index in [2.05, 4.69) is 34.2 Å². The van der Waals surface area contributed by atoms with Crippen molar-refractivity contribution in [2.45, 2.75) is 12.0 Å². The molecule has 1 heterocycles. The summed E-state index contributed by atoms with van der Waals surface area (Å²) in [6, 6.07) is 20.4. The predicted molar refractivity (Wildman–Crippen MR) is 80.1 cm³/mol. The first-order chi connectivity index (χ1) is 9.79. The van der Waals surface area contributed by atoms with E-state index in [1.54, 1.807) is 12.5 Å². The summed E-state index contributed by atoms with van der Waals surface area (Å²) in [5.41, 5.74) is 9.35. The van der Waals surface area contributed by atoms with Gasteiger partial charge >= 0.3 is 0 Å². The van der Waals surface area contributed by atoms with Crippen molar-refractivity contribution < 1.29 is 0 Å². The molecule has 3 N–H and O–H groups in total. The van der Waals surface area contributed by atoms with Gasteiger partial charge in [0.1, 0.15) is 0 Å². The van der Waals surface area contributed by atoms with Crippen LogP contribution < -0.4 is 5.73 Å². The lowest BCUT2D eigenvalue weighted by atomic mass is 9.82. The average molecular weight is 263 g/mol. The summed E-state index contributed by atoms with van der Waals surface area (Å²) < 4.78 is 0. The van der Waals surface area contributed by atoms with Gasteiger partial charge in [0, 0.05) is 6.42 Å². The zero-order valence-corrected chi connectivity index (χ0v) is 11.2. The molecule has 0 bridgehead atoms. The molecule has 2 aromatic carbocycles. The van der Waals surface area contributed by atoms with Crippen molar-refractivity contribution in [2.75, 3.05) is 0 Å². The van der Waals surface area contributed by atoms with Crippen LogP contribution in [0.3, 0.4) is 0 Å². The second-order valence-electron chi connectivity index (χ2n) is 4.97. The Morgan fingerprint density at radius 1 is 0.950 bits per heavy atom. The summed E-state index contributed by atoms with van der Waals surface area (Å²) in [6.45, 7) is 0. The van der Waals surface area contributed by atoms with E-state index in [-0.39, 0.29) is 0 Å². The maximum absolute atomic E-state index is 6.75. The van der Waals surface area contributed by atoms with Crippen molar-refractivity contribution in [3.63, 3.8) is 0 Å². The third-order valence-electron chi connectivity index (χ3n) is 3.59. The molecule has 3 aromatic rings. The molecule has 100 valence electrons. The number of aromatic nitrogens is 2. The summed E-state index contributed by atoms with van der Waals surface area (Å²) in [4.78, 5) is 7.28. The zero-order valence-electron chi connectivity index (χ0n) is 11.2. The fourth-order valence-electron chi connectivity index (χ4n) is 2.51. The van der Waals surface area contributed by atoms with Crippen molar-refractivity contribution in [3.05, 3.63) is 90.0 Å². The molecule has 0 aliphatic rings. The number of hydrogen-bond acceptors (Lipinski definition) is 2. The van der Waals surface area contributed by atoms with Crippen molar-refractivity contribution in [1.29, 1.82) is 0 Å². The maximum Gasteiger partial charge on any atom is 0.0922 e. The van der Waals surface area contributed by atoms with Gasteiger partial charge in [-0.25, -0.2) is 4.98 Å². The van der Waals surface area contributed by atoms with Gasteiger partial charge in [0.05, 0.1) is 23.8 Å². The Balaban J connectivity index is 2.05. The topological polar surface area (TPSA) is 54.7 Å². The minimum absolute atomic E-state index is 0.598. The van der Waals surface area contributed by atoms with E-state index in [0.717, 1.165) is 17.7 Å². The number of H-pyrrole nitrogens is 1. The van der Waals surface area contributed by atoms with Crippen molar-refractivity contribution in [2.24, 2.45) is 5.73 Å². The van der Waals surface area contributed by atoms with Crippen LogP contribution in [-0.4, -0.2) is 9.97 Å². The predicted octanol–water partition coefficient (Wildman–Crippen LogP) is 2.85. The zero-order chi connectivity index (χ0) is 13.8. The largest absolute Gasteiger partial charge is 0.347 e. The number of nitrogens with zero attached hydrogens (tertiary/aromatic N) is 1. The molecular formula is C17H17N3. The highest BCUT2D eigenvalue weighted by atomic mass is 14.9. The fraction of sp³-hybridized carbons (Fsp3) is 0.118. The van der Waals surface area contributed by atoms with Crippen molar-refractivity contribution in [1.82, 2.24) is 9.97 Å². The molecule has 20 heavy (non-hydrogen) atoms. The monoisotopic (exact) mass is 263 g/mol. The van der Waals surface area contributed by atoms with E-state index in [0.29, 0.717) is 0 Å². The third-order valence-corrected chi connectivity index (χ3v) is 3.59. The highest BCUT2D eigenvalue weighted by Crippen LogP contribution is 2.29. The maximum atomic E-state index is 6.75. The summed E-state index contributed by atoms with van der Waals surface area (Å²) in [5.74, 6) is 0. The van der Waals surface area contributed by atoms with Crippen LogP contribution >= 0.6 is 0 Å². The molecule has 0 radical (unpaired) electrons. The van der Waals surface area contributed by atoms with Crippen molar-refractivity contribution >= 4 is 0 Å². The van der Waals surface area contributed by atoms with E-state index in [9.17, 15) is 0 Å². The van der Waals surface area contributed by atoms with Crippen LogP contribution in [0.5, 0.6) is 0 Å². The van der Waals surface area contributed by atoms with Crippen molar-refractivity contribution in [3.8, 4) is 0 Å². The molecule has 3 heteroatoms. The SMILES string of the molecule is NC(Cc1ccccc1)(c1ccccc1)c1cnc[nH]1. The molecule has 1 aromatic heterocycles. The Hall–Kier alpha value is -2.39. The van der Waals surface area contributed by atoms with Gasteiger partial charge in [0.15, 0.2) is 0 Å². The molecule has 0 amide bonds. The molecule has 0 spiro atoms. The Morgan fingerprint density at radius 2 is 1.60 bits per heavy atom. The molecule has 0 aliphatic heterocycles. The highest BCUT2D eigenvalue weighted by Gasteiger charge is 2.31. The quantitative estimate of drug-likeness (QED) is 0.760. The molecule has 0 saturated carbocycles. The Bertz CT molecular complexity index is 647. The van der Waals surface area contributed by atoms with Gasteiger partial charge in [-0.2, -0.15) is 0 Å². The van der Waals surface area contributed by atoms with Crippen LogP contribution in [0.15, 0.2) is 73.2 Å². The lowest BCUT2D eigenvalue weighted by Crippen LogP contribution is -2.40. The molecule has 0 fully saturated rings. The van der Waals surface area contributed by atoms with Crippen LogP contribution in [0, 0.1) is 0 Å². The summed E-state index contributed by atoms with van der Waals surface area (Å²) in [5, 5.41) is 0. The third kappa shape index (κ3) is 2.36. The standard InChI is InChI=1S/C17H17N3/c18-17(16-12-19-13-20-16,15-9-5-2-6-10-15)11-14-7-3-1-4-8-14/h1-10,12-13H,11,18H2,(H,19,20). The lowest BCUT2D eigenvalue weighted by molar-refractivity contribution is 0.521. The minimum atomic E-state index is -0.598. The van der Waals surface area contributed by atoms with E-state index in [1.165, 1.54) is 5.56 Å². The minimum Gasteiger partial charge on any atom is -0.347 e. The molecule has 3 nitrogen and oxygen atoms in total. The van der Waals surface area contributed by atoms with E-state index in [4.69, 9.17) is 5.73 Å². The number of rotatable bonds is 4. The fourth-order valence-corrected chi connectivity index (χ4v) is 2.51. The van der Waals surface area contributed by atoms with E-state index >= 15 is 0 Å². The van der Waals surface area contributed by atoms with E-state index < -0.39 is 5.54 Å². The highest BCUT2D eigenvalue weighted by molar-refractivity contribution is 5.36. The number of imidazole rings is 1. The number of nitrogens with two attached hydrogens (primary N) is 1. The molecule has 3 rings (SSSR count). The van der Waals surface area contributed by atoms with Crippen LogP contribution in [0.2, 0.25) is 0 Å². The first-order valence-electron chi connectivity index (χ1n) is 6.66. The van der Waals surface area contributed by atoms with Gasteiger partial charge < -0.3 is 10.7 Å². The average Bonchev–Trinajstić information content (AvgIpc) is 3.04. The second-order valence-corrected chi connectivity index (χ2v) is 4.97. The van der Waals surface area contributed by atoms with Gasteiger partial charge in [-0.05, 0) is 11.1 Å². The Labute approximate surface area is 118 Å². The summed E-state index contributed by atoms with van der Waals surface area (Å²) in [7, 11) is 0. The summed E-state index contributed by atoms with van der Waals surface area (Å²) in [6.07, 6.45) is 4.20. The van der Waals surface area contributed by atoms with Gasteiger partial charge in [0.25, 0.3) is 0 Å². The number of hydrogen-bond donors (Lipinski definition) is 2. The van der Waals surface area contributed by atoms with Gasteiger partial charge in [-0.3, -0.25) is 0 Å². The summed E-state index contributed by atoms with van der Waals surface area (Å²) >= 11 is 0. The van der Waals surface area contributed by atoms with Gasteiger partial charge in [-0.1, -0.05) is 60.7 Å². The van der Waals surface area contributed by atoms with Gasteiger partial charge in [0.2, 0.25) is 0 Å². The number of nitrogens with one attached hydrogen (secondary N) is 1. The molecule has 0 aliphatic carbocycles. The molecule has 0 saturated heterocycles. The Kier molecular flexibility index (Phi) is 3.35. The molecule has 1 atom stereocenters. The molecular weight excluding hydrogens is 246 g/mol. The number of aromatic amines is 1. The second kappa shape index (κ2) is 5.31. The lowest BCUT2D eigenvalue weighted by Gasteiger charge is -2.29. The first kappa shape index (κ1) is 12.6. The Morgan fingerprint density at radius 3 is 2.20 bits per heavy atom. The molecule has 1 unspecified atom stereocenters. The van der Waals surface area contributed by atoms with Crippen LogP contribution in [0.25, 0.3) is 0 Å². The van der Waals surface area contributed by atoms with E-state index in [1.807, 2.05) is 36.4 Å². The normalized spacial score (nSPS) is 13.8.